The average molecular weight is 219 g/mol. The van der Waals surface area contributed by atoms with E-state index in [1.165, 1.54) is 0 Å². The van der Waals surface area contributed by atoms with Crippen LogP contribution in [0, 0.1) is 13.8 Å². The molecule has 1 amide bonds. The number of nitrogens with one attached hydrogen (secondary N) is 1. The van der Waals surface area contributed by atoms with Crippen LogP contribution in [0.3, 0.4) is 0 Å². The van der Waals surface area contributed by atoms with Crippen molar-refractivity contribution in [2.24, 2.45) is 0 Å². The van der Waals surface area contributed by atoms with E-state index < -0.39 is 0 Å². The fourth-order valence-electron chi connectivity index (χ4n) is 1.57. The third kappa shape index (κ3) is 3.37. The molecule has 0 heterocycles. The van der Waals surface area contributed by atoms with Gasteiger partial charge in [0.2, 0.25) is 0 Å². The third-order valence-electron chi connectivity index (χ3n) is 2.82. The van der Waals surface area contributed by atoms with Gasteiger partial charge in [0.1, 0.15) is 0 Å². The summed E-state index contributed by atoms with van der Waals surface area (Å²) in [4.78, 5) is 12.0. The van der Waals surface area contributed by atoms with Crippen molar-refractivity contribution < 1.29 is 4.79 Å². The largest absolute Gasteiger partial charge is 0.347 e. The first-order valence-corrected chi connectivity index (χ1v) is 5.75. The van der Waals surface area contributed by atoms with Crippen LogP contribution in [0.5, 0.6) is 0 Å². The predicted molar refractivity (Wildman–Crippen MR) is 67.8 cm³/mol. The van der Waals surface area contributed by atoms with Crippen LogP contribution in [-0.2, 0) is 0 Å². The normalized spacial score (nSPS) is 11.3. The lowest BCUT2D eigenvalue weighted by Gasteiger charge is -2.24. The molecule has 1 aromatic carbocycles. The average Bonchev–Trinajstić information content (AvgIpc) is 2.15. The van der Waals surface area contributed by atoms with Gasteiger partial charge in [0, 0.05) is 11.1 Å². The lowest BCUT2D eigenvalue weighted by molar-refractivity contribution is 0.0911. The molecule has 2 nitrogen and oxygen atoms in total. The Bertz CT molecular complexity index is 373. The van der Waals surface area contributed by atoms with Crippen LogP contribution in [0.15, 0.2) is 18.2 Å². The summed E-state index contributed by atoms with van der Waals surface area (Å²) in [6.07, 6.45) is 0.920. The molecule has 0 aromatic heterocycles. The smallest absolute Gasteiger partial charge is 0.251 e. The van der Waals surface area contributed by atoms with Crippen LogP contribution < -0.4 is 5.32 Å². The molecule has 1 aromatic rings. The maximum absolute atomic E-state index is 12.0. The predicted octanol–water partition coefficient (Wildman–Crippen LogP) is 3.22. The first-order chi connectivity index (χ1) is 7.34. The Morgan fingerprint density at radius 3 is 2.12 bits per heavy atom. The minimum Gasteiger partial charge on any atom is -0.347 e. The molecular formula is C14H21NO. The van der Waals surface area contributed by atoms with Crippen LogP contribution >= 0.6 is 0 Å². The quantitative estimate of drug-likeness (QED) is 0.831. The minimum absolute atomic E-state index is 0.0126. The fourth-order valence-corrected chi connectivity index (χ4v) is 1.57. The zero-order valence-electron chi connectivity index (χ0n) is 10.8. The molecule has 0 saturated heterocycles. The molecular weight excluding hydrogens is 198 g/mol. The summed E-state index contributed by atoms with van der Waals surface area (Å²) in [6, 6.07) is 5.92. The highest BCUT2D eigenvalue weighted by Crippen LogP contribution is 2.12. The van der Waals surface area contributed by atoms with Crippen LogP contribution in [-0.4, -0.2) is 11.4 Å². The number of rotatable bonds is 3. The summed E-state index contributed by atoms with van der Waals surface area (Å²) in [7, 11) is 0. The van der Waals surface area contributed by atoms with Crippen molar-refractivity contribution in [1.29, 1.82) is 0 Å². The van der Waals surface area contributed by atoms with Crippen molar-refractivity contribution in [3.05, 3.63) is 34.9 Å². The second-order valence-electron chi connectivity index (χ2n) is 5.07. The summed E-state index contributed by atoms with van der Waals surface area (Å²) < 4.78 is 0. The van der Waals surface area contributed by atoms with Gasteiger partial charge in [-0.1, -0.05) is 24.1 Å². The standard InChI is InChI=1S/C14H21NO/c1-6-14(4,5)15-13(16)12-8-10(2)7-11(3)9-12/h7-9H,6H2,1-5H3,(H,15,16). The monoisotopic (exact) mass is 219 g/mol. The Labute approximate surface area is 98.1 Å². The van der Waals surface area contributed by atoms with Crippen molar-refractivity contribution in [2.45, 2.75) is 46.6 Å². The van der Waals surface area contributed by atoms with Gasteiger partial charge in [-0.3, -0.25) is 4.79 Å². The van der Waals surface area contributed by atoms with Gasteiger partial charge in [0.25, 0.3) is 5.91 Å². The van der Waals surface area contributed by atoms with E-state index in [4.69, 9.17) is 0 Å². The number of hydrogen-bond donors (Lipinski definition) is 1. The topological polar surface area (TPSA) is 29.1 Å². The van der Waals surface area contributed by atoms with E-state index in [2.05, 4.69) is 18.3 Å². The number of benzene rings is 1. The SMILES string of the molecule is CCC(C)(C)NC(=O)c1cc(C)cc(C)c1. The molecule has 0 fully saturated rings. The fraction of sp³-hybridized carbons (Fsp3) is 0.500. The molecule has 2 heteroatoms. The van der Waals surface area contributed by atoms with E-state index in [9.17, 15) is 4.79 Å². The van der Waals surface area contributed by atoms with Crippen LogP contribution in [0.2, 0.25) is 0 Å². The number of aryl methyl sites for hydroxylation is 2. The lowest BCUT2D eigenvalue weighted by atomic mass is 10.0. The highest BCUT2D eigenvalue weighted by Gasteiger charge is 2.18. The number of amides is 1. The zero-order chi connectivity index (χ0) is 12.3. The highest BCUT2D eigenvalue weighted by atomic mass is 16.1. The molecule has 0 aliphatic rings. The highest BCUT2D eigenvalue weighted by molar-refractivity contribution is 5.95. The molecule has 1 N–H and O–H groups in total. The third-order valence-corrected chi connectivity index (χ3v) is 2.82. The van der Waals surface area contributed by atoms with Crippen molar-refractivity contribution in [2.75, 3.05) is 0 Å². The van der Waals surface area contributed by atoms with E-state index in [0.717, 1.165) is 23.1 Å². The van der Waals surface area contributed by atoms with Gasteiger partial charge in [-0.25, -0.2) is 0 Å². The van der Waals surface area contributed by atoms with Crippen molar-refractivity contribution in [3.63, 3.8) is 0 Å². The van der Waals surface area contributed by atoms with Gasteiger partial charge in [0.05, 0.1) is 0 Å². The molecule has 0 radical (unpaired) electrons. The molecule has 0 unspecified atom stereocenters. The Morgan fingerprint density at radius 2 is 1.69 bits per heavy atom. The Hall–Kier alpha value is -1.31. The second kappa shape index (κ2) is 4.69. The van der Waals surface area contributed by atoms with Crippen molar-refractivity contribution in [3.8, 4) is 0 Å². The van der Waals surface area contributed by atoms with Gasteiger partial charge in [0.15, 0.2) is 0 Å². The van der Waals surface area contributed by atoms with Crippen molar-refractivity contribution >= 4 is 5.91 Å². The van der Waals surface area contributed by atoms with Gasteiger partial charge >= 0.3 is 0 Å². The van der Waals surface area contributed by atoms with Gasteiger partial charge in [-0.2, -0.15) is 0 Å². The summed E-state index contributed by atoms with van der Waals surface area (Å²) in [5, 5.41) is 3.04. The van der Waals surface area contributed by atoms with Crippen LogP contribution in [0.1, 0.15) is 48.7 Å². The summed E-state index contributed by atoms with van der Waals surface area (Å²) >= 11 is 0. The molecule has 0 aliphatic carbocycles. The number of carbonyl (C=O) groups excluding carboxylic acids is 1. The van der Waals surface area contributed by atoms with E-state index >= 15 is 0 Å². The second-order valence-corrected chi connectivity index (χ2v) is 5.07. The van der Waals surface area contributed by atoms with Crippen LogP contribution in [0.4, 0.5) is 0 Å². The number of carbonyl (C=O) groups is 1. The summed E-state index contributed by atoms with van der Waals surface area (Å²) in [6.45, 7) is 10.2. The van der Waals surface area contributed by atoms with E-state index in [1.807, 2.05) is 39.8 Å². The molecule has 88 valence electrons. The van der Waals surface area contributed by atoms with E-state index in [1.54, 1.807) is 0 Å². The van der Waals surface area contributed by atoms with Gasteiger partial charge in [-0.15, -0.1) is 0 Å². The molecule has 16 heavy (non-hydrogen) atoms. The minimum atomic E-state index is -0.144. The Morgan fingerprint density at radius 1 is 1.19 bits per heavy atom. The van der Waals surface area contributed by atoms with Crippen LogP contribution in [0.25, 0.3) is 0 Å². The lowest BCUT2D eigenvalue weighted by Crippen LogP contribution is -2.42. The number of hydrogen-bond acceptors (Lipinski definition) is 1. The van der Waals surface area contributed by atoms with Crippen molar-refractivity contribution in [1.82, 2.24) is 5.32 Å². The Balaban J connectivity index is 2.89. The van der Waals surface area contributed by atoms with Gasteiger partial charge < -0.3 is 5.32 Å². The van der Waals surface area contributed by atoms with E-state index in [-0.39, 0.29) is 11.4 Å². The molecule has 0 spiro atoms. The summed E-state index contributed by atoms with van der Waals surface area (Å²) in [5.41, 5.74) is 2.85. The molecule has 0 atom stereocenters. The summed E-state index contributed by atoms with van der Waals surface area (Å²) in [5.74, 6) is 0.0126. The molecule has 0 bridgehead atoms. The van der Waals surface area contributed by atoms with E-state index in [0.29, 0.717) is 0 Å². The molecule has 0 saturated carbocycles. The zero-order valence-corrected chi connectivity index (χ0v) is 10.8. The maximum atomic E-state index is 12.0. The maximum Gasteiger partial charge on any atom is 0.251 e. The first-order valence-electron chi connectivity index (χ1n) is 5.75. The molecule has 0 aliphatic heterocycles. The molecule has 1 rings (SSSR count). The first kappa shape index (κ1) is 12.8. The van der Waals surface area contributed by atoms with Gasteiger partial charge in [-0.05, 0) is 46.2 Å². The Kier molecular flexibility index (Phi) is 3.74.